The molecule has 104 valence electrons. The van der Waals surface area contributed by atoms with Gasteiger partial charge in [-0.3, -0.25) is 0 Å². The van der Waals surface area contributed by atoms with Gasteiger partial charge < -0.3 is 0 Å². The SMILES string of the molecule is Cc1cc(C)cc(-n2nc(C)c(C#N)c2S(=O)(=O)Cl)c1. The van der Waals surface area contributed by atoms with Crippen LogP contribution in [0.2, 0.25) is 0 Å². The number of aryl methyl sites for hydroxylation is 3. The first-order chi connectivity index (χ1) is 9.24. The van der Waals surface area contributed by atoms with E-state index in [1.165, 1.54) is 4.68 Å². The fourth-order valence-electron chi connectivity index (χ4n) is 2.11. The summed E-state index contributed by atoms with van der Waals surface area (Å²) in [6.45, 7) is 5.36. The lowest BCUT2D eigenvalue weighted by atomic mass is 10.1. The van der Waals surface area contributed by atoms with Crippen molar-refractivity contribution in [2.24, 2.45) is 0 Å². The second kappa shape index (κ2) is 4.93. The van der Waals surface area contributed by atoms with E-state index in [-0.39, 0.29) is 10.6 Å². The second-order valence-electron chi connectivity index (χ2n) is 4.57. The van der Waals surface area contributed by atoms with E-state index in [4.69, 9.17) is 15.9 Å². The molecule has 0 aliphatic carbocycles. The van der Waals surface area contributed by atoms with Gasteiger partial charge in [0.2, 0.25) is 0 Å². The minimum absolute atomic E-state index is 0.0286. The monoisotopic (exact) mass is 309 g/mol. The van der Waals surface area contributed by atoms with Gasteiger partial charge in [-0.2, -0.15) is 10.4 Å². The molecule has 2 aromatic rings. The lowest BCUT2D eigenvalue weighted by Gasteiger charge is -2.07. The molecule has 0 saturated heterocycles. The molecular weight excluding hydrogens is 298 g/mol. The molecular formula is C13H12ClN3O2S. The predicted molar refractivity (Wildman–Crippen MR) is 75.5 cm³/mol. The molecule has 0 saturated carbocycles. The van der Waals surface area contributed by atoms with Crippen molar-refractivity contribution in [3.8, 4) is 11.8 Å². The van der Waals surface area contributed by atoms with Crippen molar-refractivity contribution in [2.75, 3.05) is 0 Å². The topological polar surface area (TPSA) is 75.8 Å². The van der Waals surface area contributed by atoms with Crippen LogP contribution in [0.4, 0.5) is 0 Å². The summed E-state index contributed by atoms with van der Waals surface area (Å²) in [5.41, 5.74) is 2.78. The molecule has 2 rings (SSSR count). The van der Waals surface area contributed by atoms with E-state index < -0.39 is 9.05 Å². The van der Waals surface area contributed by atoms with E-state index in [2.05, 4.69) is 5.10 Å². The molecule has 1 heterocycles. The van der Waals surface area contributed by atoms with Crippen molar-refractivity contribution in [2.45, 2.75) is 25.8 Å². The van der Waals surface area contributed by atoms with Gasteiger partial charge in [-0.15, -0.1) is 0 Å². The zero-order valence-corrected chi connectivity index (χ0v) is 12.7. The van der Waals surface area contributed by atoms with Gasteiger partial charge in [0, 0.05) is 10.7 Å². The van der Waals surface area contributed by atoms with Crippen LogP contribution >= 0.6 is 10.7 Å². The van der Waals surface area contributed by atoms with E-state index in [0.29, 0.717) is 11.4 Å². The third kappa shape index (κ3) is 2.55. The van der Waals surface area contributed by atoms with Crippen molar-refractivity contribution >= 4 is 19.7 Å². The molecule has 20 heavy (non-hydrogen) atoms. The van der Waals surface area contributed by atoms with Gasteiger partial charge in [0.25, 0.3) is 9.05 Å². The standard InChI is InChI=1S/C13H12ClN3O2S/c1-8-4-9(2)6-11(5-8)17-13(20(14,18)19)12(7-15)10(3)16-17/h4-6H,1-3H3. The van der Waals surface area contributed by atoms with Crippen LogP contribution in [0.25, 0.3) is 5.69 Å². The lowest BCUT2D eigenvalue weighted by molar-refractivity contribution is 0.599. The minimum Gasteiger partial charge on any atom is -0.219 e. The molecule has 5 nitrogen and oxygen atoms in total. The third-order valence-electron chi connectivity index (χ3n) is 2.81. The van der Waals surface area contributed by atoms with Crippen LogP contribution in [0.1, 0.15) is 22.4 Å². The summed E-state index contributed by atoms with van der Waals surface area (Å²) < 4.78 is 24.7. The molecule has 7 heteroatoms. The van der Waals surface area contributed by atoms with Gasteiger partial charge in [-0.25, -0.2) is 13.1 Å². The molecule has 0 aliphatic heterocycles. The molecule has 0 unspecified atom stereocenters. The highest BCUT2D eigenvalue weighted by atomic mass is 35.7. The van der Waals surface area contributed by atoms with Gasteiger partial charge in [-0.1, -0.05) is 6.07 Å². The molecule has 0 atom stereocenters. The highest BCUT2D eigenvalue weighted by Gasteiger charge is 2.26. The Labute approximate surface area is 121 Å². The molecule has 0 radical (unpaired) electrons. The maximum atomic E-state index is 11.7. The normalized spacial score (nSPS) is 11.3. The fraction of sp³-hybridized carbons (Fsp3) is 0.231. The van der Waals surface area contributed by atoms with E-state index in [0.717, 1.165) is 11.1 Å². The number of halogens is 1. The van der Waals surface area contributed by atoms with Crippen molar-refractivity contribution in [1.29, 1.82) is 5.26 Å². The Kier molecular flexibility index (Phi) is 3.59. The summed E-state index contributed by atoms with van der Waals surface area (Å²) in [6.07, 6.45) is 0. The van der Waals surface area contributed by atoms with Crippen LogP contribution < -0.4 is 0 Å². The predicted octanol–water partition coefficient (Wildman–Crippen LogP) is 2.60. The van der Waals surface area contributed by atoms with Crippen LogP contribution in [0.3, 0.4) is 0 Å². The van der Waals surface area contributed by atoms with Gasteiger partial charge in [-0.05, 0) is 44.0 Å². The minimum atomic E-state index is -4.08. The number of aromatic nitrogens is 2. The Morgan fingerprint density at radius 2 is 1.75 bits per heavy atom. The fourth-order valence-corrected chi connectivity index (χ4v) is 3.33. The molecule has 0 spiro atoms. The molecule has 1 aromatic carbocycles. The van der Waals surface area contributed by atoms with Crippen LogP contribution in [-0.4, -0.2) is 18.2 Å². The quantitative estimate of drug-likeness (QED) is 0.799. The Balaban J connectivity index is 2.85. The number of nitrogens with zero attached hydrogens (tertiary/aromatic N) is 3. The molecule has 0 amide bonds. The van der Waals surface area contributed by atoms with Crippen LogP contribution in [-0.2, 0) is 9.05 Å². The van der Waals surface area contributed by atoms with E-state index in [9.17, 15) is 8.42 Å². The van der Waals surface area contributed by atoms with Crippen LogP contribution in [0, 0.1) is 32.1 Å². The second-order valence-corrected chi connectivity index (χ2v) is 7.05. The summed E-state index contributed by atoms with van der Waals surface area (Å²) in [7, 11) is 1.37. The molecule has 0 N–H and O–H groups in total. The number of benzene rings is 1. The van der Waals surface area contributed by atoms with Gasteiger partial charge in [0.05, 0.1) is 11.4 Å². The molecule has 0 bridgehead atoms. The molecule has 0 aliphatic rings. The van der Waals surface area contributed by atoms with E-state index in [1.54, 1.807) is 19.1 Å². The average molecular weight is 310 g/mol. The Bertz CT molecular complexity index is 812. The lowest BCUT2D eigenvalue weighted by Crippen LogP contribution is -2.06. The first kappa shape index (κ1) is 14.6. The van der Waals surface area contributed by atoms with Crippen molar-refractivity contribution < 1.29 is 8.42 Å². The average Bonchev–Trinajstić information content (AvgIpc) is 2.64. The van der Waals surface area contributed by atoms with Crippen molar-refractivity contribution in [3.63, 3.8) is 0 Å². The highest BCUT2D eigenvalue weighted by Crippen LogP contribution is 2.26. The van der Waals surface area contributed by atoms with Gasteiger partial charge in [0.15, 0.2) is 5.03 Å². The van der Waals surface area contributed by atoms with Crippen LogP contribution in [0.15, 0.2) is 23.2 Å². The number of hydrogen-bond donors (Lipinski definition) is 0. The van der Waals surface area contributed by atoms with Crippen LogP contribution in [0.5, 0.6) is 0 Å². The van der Waals surface area contributed by atoms with Crippen molar-refractivity contribution in [1.82, 2.24) is 9.78 Å². The first-order valence-corrected chi connectivity index (χ1v) is 8.08. The number of rotatable bonds is 2. The third-order valence-corrected chi connectivity index (χ3v) is 4.09. The smallest absolute Gasteiger partial charge is 0.219 e. The molecule has 0 fully saturated rings. The molecule has 1 aromatic heterocycles. The summed E-state index contributed by atoms with van der Waals surface area (Å²) in [5.74, 6) is 0. The Hall–Kier alpha value is -1.84. The largest absolute Gasteiger partial charge is 0.280 e. The van der Waals surface area contributed by atoms with Crippen molar-refractivity contribution in [3.05, 3.63) is 40.6 Å². The zero-order valence-electron chi connectivity index (χ0n) is 11.2. The van der Waals surface area contributed by atoms with E-state index >= 15 is 0 Å². The number of nitriles is 1. The summed E-state index contributed by atoms with van der Waals surface area (Å²) in [5, 5.41) is 12.9. The van der Waals surface area contributed by atoms with Gasteiger partial charge >= 0.3 is 0 Å². The highest BCUT2D eigenvalue weighted by molar-refractivity contribution is 8.13. The Morgan fingerprint density at radius 1 is 1.20 bits per heavy atom. The maximum absolute atomic E-state index is 11.7. The van der Waals surface area contributed by atoms with Gasteiger partial charge in [0.1, 0.15) is 11.6 Å². The summed E-state index contributed by atoms with van der Waals surface area (Å²) >= 11 is 0. The first-order valence-electron chi connectivity index (χ1n) is 5.77. The number of hydrogen-bond acceptors (Lipinski definition) is 4. The Morgan fingerprint density at radius 3 is 2.20 bits per heavy atom. The summed E-state index contributed by atoms with van der Waals surface area (Å²) in [6, 6.07) is 7.37. The zero-order chi connectivity index (χ0) is 15.1. The van der Waals surface area contributed by atoms with E-state index in [1.807, 2.05) is 26.0 Å². The maximum Gasteiger partial charge on any atom is 0.280 e. The summed E-state index contributed by atoms with van der Waals surface area (Å²) in [4.78, 5) is 0.